The molecule has 0 atom stereocenters. The molecule has 0 bridgehead atoms. The highest BCUT2D eigenvalue weighted by atomic mass is 35.5. The molecule has 1 amide bonds. The van der Waals surface area contributed by atoms with Crippen LogP contribution in [0.2, 0.25) is 5.02 Å². The van der Waals surface area contributed by atoms with E-state index in [0.29, 0.717) is 10.2 Å². The molecule has 2 rings (SSSR count). The Morgan fingerprint density at radius 1 is 1.55 bits per heavy atom. The van der Waals surface area contributed by atoms with Gasteiger partial charge in [0, 0.05) is 11.6 Å². The van der Waals surface area contributed by atoms with E-state index in [1.54, 1.807) is 6.33 Å². The average molecular weight is 315 g/mol. The topological polar surface area (TPSA) is 59.8 Å². The molecule has 0 radical (unpaired) electrons. The van der Waals surface area contributed by atoms with Gasteiger partial charge < -0.3 is 9.88 Å². The Hall–Kier alpha value is -1.60. The van der Waals surface area contributed by atoms with Gasteiger partial charge in [-0.15, -0.1) is 10.2 Å². The van der Waals surface area contributed by atoms with Gasteiger partial charge in [-0.2, -0.15) is 0 Å². The summed E-state index contributed by atoms with van der Waals surface area (Å²) in [6.45, 7) is 2.68. The maximum Gasteiger partial charge on any atom is 0.234 e. The quantitative estimate of drug-likeness (QED) is 0.862. The molecule has 20 heavy (non-hydrogen) atoms. The molecule has 0 unspecified atom stereocenters. The number of thioether (sulfide) groups is 1. The highest BCUT2D eigenvalue weighted by molar-refractivity contribution is 7.99. The average Bonchev–Trinajstić information content (AvgIpc) is 2.88. The Kier molecular flexibility index (Phi) is 4.97. The van der Waals surface area contributed by atoms with E-state index in [-0.39, 0.29) is 17.3 Å². The minimum absolute atomic E-state index is 0.0695. The van der Waals surface area contributed by atoms with Gasteiger partial charge in [0.15, 0.2) is 5.16 Å². The lowest BCUT2D eigenvalue weighted by atomic mass is 10.3. The number of rotatable bonds is 5. The molecule has 8 heteroatoms. The normalized spacial score (nSPS) is 10.6. The SMILES string of the molecule is CCn1cnnc1SCC(=O)Nc1cc(Cl)ccc1F. The molecule has 106 valence electrons. The Balaban J connectivity index is 1.94. The predicted octanol–water partition coefficient (Wildman–Crippen LogP) is 2.82. The van der Waals surface area contributed by atoms with Crippen LogP contribution in [0.1, 0.15) is 6.92 Å². The van der Waals surface area contributed by atoms with Crippen LogP contribution in [0.15, 0.2) is 29.7 Å². The molecule has 0 aliphatic rings. The van der Waals surface area contributed by atoms with Crippen LogP contribution in [-0.2, 0) is 11.3 Å². The summed E-state index contributed by atoms with van der Waals surface area (Å²) in [5.74, 6) is -0.740. The van der Waals surface area contributed by atoms with E-state index < -0.39 is 5.82 Å². The fourth-order valence-electron chi connectivity index (χ4n) is 1.48. The first kappa shape index (κ1) is 14.8. The molecule has 0 saturated carbocycles. The zero-order chi connectivity index (χ0) is 14.5. The Bertz CT molecular complexity index is 619. The first-order chi connectivity index (χ1) is 9.60. The number of aromatic nitrogens is 3. The van der Waals surface area contributed by atoms with E-state index in [1.807, 2.05) is 11.5 Å². The summed E-state index contributed by atoms with van der Waals surface area (Å²) in [6.07, 6.45) is 1.59. The third kappa shape index (κ3) is 3.71. The zero-order valence-corrected chi connectivity index (χ0v) is 12.2. The number of hydrogen-bond donors (Lipinski definition) is 1. The second kappa shape index (κ2) is 6.71. The van der Waals surface area contributed by atoms with Crippen LogP contribution in [0.25, 0.3) is 0 Å². The smallest absolute Gasteiger partial charge is 0.234 e. The second-order valence-corrected chi connectivity index (χ2v) is 5.24. The van der Waals surface area contributed by atoms with Gasteiger partial charge in [-0.25, -0.2) is 4.39 Å². The molecule has 0 spiro atoms. The Morgan fingerprint density at radius 3 is 3.10 bits per heavy atom. The fraction of sp³-hybridized carbons (Fsp3) is 0.250. The van der Waals surface area contributed by atoms with Crippen molar-refractivity contribution in [3.63, 3.8) is 0 Å². The summed E-state index contributed by atoms with van der Waals surface area (Å²) >= 11 is 6.99. The van der Waals surface area contributed by atoms with Crippen LogP contribution >= 0.6 is 23.4 Å². The highest BCUT2D eigenvalue weighted by Crippen LogP contribution is 2.20. The van der Waals surface area contributed by atoms with Gasteiger partial charge in [0.25, 0.3) is 0 Å². The second-order valence-electron chi connectivity index (χ2n) is 3.86. The van der Waals surface area contributed by atoms with Crippen molar-refractivity contribution in [3.05, 3.63) is 35.4 Å². The number of hydrogen-bond acceptors (Lipinski definition) is 4. The van der Waals surface area contributed by atoms with E-state index >= 15 is 0 Å². The van der Waals surface area contributed by atoms with Crippen molar-refractivity contribution in [2.75, 3.05) is 11.1 Å². The lowest BCUT2D eigenvalue weighted by molar-refractivity contribution is -0.113. The zero-order valence-electron chi connectivity index (χ0n) is 10.6. The van der Waals surface area contributed by atoms with Gasteiger partial charge >= 0.3 is 0 Å². The van der Waals surface area contributed by atoms with Crippen molar-refractivity contribution in [1.82, 2.24) is 14.8 Å². The summed E-state index contributed by atoms with van der Waals surface area (Å²) in [5, 5.41) is 11.1. The lowest BCUT2D eigenvalue weighted by Gasteiger charge is -2.07. The number of carbonyl (C=O) groups is 1. The van der Waals surface area contributed by atoms with Crippen molar-refractivity contribution in [3.8, 4) is 0 Å². The first-order valence-corrected chi connectivity index (χ1v) is 7.22. The van der Waals surface area contributed by atoms with Crippen molar-refractivity contribution in [2.24, 2.45) is 0 Å². The van der Waals surface area contributed by atoms with Crippen molar-refractivity contribution >= 4 is 35.0 Å². The standard InChI is InChI=1S/C12H12ClFN4OS/c1-2-18-7-15-17-12(18)20-6-11(19)16-10-5-8(13)3-4-9(10)14/h3-5,7H,2,6H2,1H3,(H,16,19). The largest absolute Gasteiger partial charge is 0.323 e. The van der Waals surface area contributed by atoms with Gasteiger partial charge in [-0.1, -0.05) is 23.4 Å². The number of benzene rings is 1. The minimum atomic E-state index is -0.524. The monoisotopic (exact) mass is 314 g/mol. The van der Waals surface area contributed by atoms with E-state index in [9.17, 15) is 9.18 Å². The number of nitrogens with zero attached hydrogens (tertiary/aromatic N) is 3. The Morgan fingerprint density at radius 2 is 2.35 bits per heavy atom. The number of aryl methyl sites for hydroxylation is 1. The maximum atomic E-state index is 13.5. The van der Waals surface area contributed by atoms with E-state index in [4.69, 9.17) is 11.6 Å². The molecular weight excluding hydrogens is 303 g/mol. The third-order valence-corrected chi connectivity index (χ3v) is 3.67. The molecule has 2 aromatic rings. The van der Waals surface area contributed by atoms with Crippen LogP contribution in [-0.4, -0.2) is 26.4 Å². The first-order valence-electron chi connectivity index (χ1n) is 5.85. The highest BCUT2D eigenvalue weighted by Gasteiger charge is 2.10. The maximum absolute atomic E-state index is 13.5. The summed E-state index contributed by atoms with van der Waals surface area (Å²) in [4.78, 5) is 11.8. The summed E-state index contributed by atoms with van der Waals surface area (Å²) in [6, 6.07) is 4.00. The molecule has 0 aliphatic carbocycles. The molecule has 5 nitrogen and oxygen atoms in total. The molecular formula is C12H12ClFN4OS. The van der Waals surface area contributed by atoms with Gasteiger partial charge in [-0.05, 0) is 25.1 Å². The van der Waals surface area contributed by atoms with Crippen LogP contribution < -0.4 is 5.32 Å². The fourth-order valence-corrected chi connectivity index (χ4v) is 2.43. The van der Waals surface area contributed by atoms with Crippen molar-refractivity contribution in [1.29, 1.82) is 0 Å². The van der Waals surface area contributed by atoms with Crippen LogP contribution in [0, 0.1) is 5.82 Å². The molecule has 0 saturated heterocycles. The Labute approximate surface area is 124 Å². The van der Waals surface area contributed by atoms with Crippen molar-refractivity contribution in [2.45, 2.75) is 18.6 Å². The number of halogens is 2. The van der Waals surface area contributed by atoms with E-state index in [1.165, 1.54) is 30.0 Å². The molecule has 0 fully saturated rings. The summed E-state index contributed by atoms with van der Waals surface area (Å²) in [7, 11) is 0. The number of nitrogens with one attached hydrogen (secondary N) is 1. The van der Waals surface area contributed by atoms with Gasteiger partial charge in [0.2, 0.25) is 5.91 Å². The molecule has 1 aromatic carbocycles. The summed E-state index contributed by atoms with van der Waals surface area (Å²) < 4.78 is 15.3. The minimum Gasteiger partial charge on any atom is -0.323 e. The van der Waals surface area contributed by atoms with E-state index in [0.717, 1.165) is 6.54 Å². The molecule has 0 aliphatic heterocycles. The third-order valence-electron chi connectivity index (χ3n) is 2.46. The number of anilines is 1. The van der Waals surface area contributed by atoms with Gasteiger partial charge in [0.1, 0.15) is 12.1 Å². The summed E-state index contributed by atoms with van der Waals surface area (Å²) in [5.41, 5.74) is 0.0695. The lowest BCUT2D eigenvalue weighted by Crippen LogP contribution is -2.15. The predicted molar refractivity (Wildman–Crippen MR) is 76.5 cm³/mol. The van der Waals surface area contributed by atoms with E-state index in [2.05, 4.69) is 15.5 Å². The van der Waals surface area contributed by atoms with Gasteiger partial charge in [0.05, 0.1) is 11.4 Å². The van der Waals surface area contributed by atoms with Crippen LogP contribution in [0.4, 0.5) is 10.1 Å². The van der Waals surface area contributed by atoms with Crippen LogP contribution in [0.3, 0.4) is 0 Å². The number of amides is 1. The van der Waals surface area contributed by atoms with Crippen molar-refractivity contribution < 1.29 is 9.18 Å². The van der Waals surface area contributed by atoms with Crippen LogP contribution in [0.5, 0.6) is 0 Å². The molecule has 1 aromatic heterocycles. The molecule has 1 heterocycles. The number of carbonyl (C=O) groups excluding carboxylic acids is 1. The van der Waals surface area contributed by atoms with Gasteiger partial charge in [-0.3, -0.25) is 4.79 Å². The molecule has 1 N–H and O–H groups in total.